The average molecular weight is 324 g/mol. The Labute approximate surface area is 126 Å². The summed E-state index contributed by atoms with van der Waals surface area (Å²) < 4.78 is 1.17. The first-order valence-electron chi connectivity index (χ1n) is 7.64. The molecule has 1 nitrogen and oxygen atoms in total. The van der Waals surface area contributed by atoms with Gasteiger partial charge in [0.15, 0.2) is 0 Å². The van der Waals surface area contributed by atoms with Crippen molar-refractivity contribution in [2.24, 2.45) is 11.8 Å². The number of benzene rings is 1. The van der Waals surface area contributed by atoms with E-state index in [0.717, 1.165) is 11.8 Å². The van der Waals surface area contributed by atoms with Gasteiger partial charge >= 0.3 is 0 Å². The molecule has 0 spiro atoms. The van der Waals surface area contributed by atoms with Crippen LogP contribution in [0.3, 0.4) is 0 Å². The summed E-state index contributed by atoms with van der Waals surface area (Å²) in [5.74, 6) is 1.76. The Hall–Kier alpha value is -0.340. The molecule has 1 aromatic rings. The van der Waals surface area contributed by atoms with Crippen molar-refractivity contribution in [2.45, 2.75) is 51.5 Å². The molecule has 1 aliphatic carbocycles. The van der Waals surface area contributed by atoms with Crippen LogP contribution in [-0.4, -0.2) is 13.1 Å². The number of nitrogens with one attached hydrogen (secondary N) is 1. The maximum absolute atomic E-state index is 3.54. The minimum absolute atomic E-state index is 0.705. The van der Waals surface area contributed by atoms with Crippen LogP contribution in [0.25, 0.3) is 0 Å². The Balaban J connectivity index is 1.99. The normalized spacial score (nSPS) is 27.4. The first-order valence-corrected chi connectivity index (χ1v) is 8.44. The lowest BCUT2D eigenvalue weighted by Gasteiger charge is -2.36. The van der Waals surface area contributed by atoms with E-state index in [9.17, 15) is 0 Å². The van der Waals surface area contributed by atoms with E-state index in [1.165, 1.54) is 48.6 Å². The maximum Gasteiger partial charge on any atom is 0.0175 e. The molecular weight excluding hydrogens is 298 g/mol. The SMILES string of the molecule is CCCC1CCC(NC)C(Cc2ccc(Br)cc2)C1. The van der Waals surface area contributed by atoms with Crippen molar-refractivity contribution in [1.82, 2.24) is 5.32 Å². The van der Waals surface area contributed by atoms with Crippen molar-refractivity contribution in [3.8, 4) is 0 Å². The van der Waals surface area contributed by atoms with Gasteiger partial charge < -0.3 is 5.32 Å². The largest absolute Gasteiger partial charge is 0.317 e. The fourth-order valence-electron chi connectivity index (χ4n) is 3.56. The summed E-state index contributed by atoms with van der Waals surface area (Å²) in [6.07, 6.45) is 8.13. The van der Waals surface area contributed by atoms with Crippen LogP contribution in [0.15, 0.2) is 28.7 Å². The maximum atomic E-state index is 3.54. The van der Waals surface area contributed by atoms with Gasteiger partial charge in [0.1, 0.15) is 0 Å². The van der Waals surface area contributed by atoms with Gasteiger partial charge in [0.2, 0.25) is 0 Å². The molecule has 3 unspecified atom stereocenters. The molecule has 1 aliphatic rings. The molecular formula is C17H26BrN. The smallest absolute Gasteiger partial charge is 0.0175 e. The molecule has 0 radical (unpaired) electrons. The van der Waals surface area contributed by atoms with Gasteiger partial charge in [-0.1, -0.05) is 47.8 Å². The predicted octanol–water partition coefficient (Wildman–Crippen LogP) is 4.80. The third-order valence-corrected chi connectivity index (χ3v) is 5.10. The Morgan fingerprint density at radius 2 is 1.95 bits per heavy atom. The molecule has 19 heavy (non-hydrogen) atoms. The average Bonchev–Trinajstić information content (AvgIpc) is 2.42. The first kappa shape index (κ1) is 15.1. The lowest BCUT2D eigenvalue weighted by molar-refractivity contribution is 0.200. The van der Waals surface area contributed by atoms with E-state index in [1.54, 1.807) is 0 Å². The lowest BCUT2D eigenvalue weighted by atomic mass is 9.74. The van der Waals surface area contributed by atoms with E-state index in [1.807, 2.05) is 0 Å². The van der Waals surface area contributed by atoms with E-state index >= 15 is 0 Å². The molecule has 2 heteroatoms. The fraction of sp³-hybridized carbons (Fsp3) is 0.647. The molecule has 0 saturated heterocycles. The highest BCUT2D eigenvalue weighted by Crippen LogP contribution is 2.34. The van der Waals surface area contributed by atoms with Crippen molar-refractivity contribution in [2.75, 3.05) is 7.05 Å². The van der Waals surface area contributed by atoms with Crippen LogP contribution in [0.2, 0.25) is 0 Å². The van der Waals surface area contributed by atoms with Crippen LogP contribution in [-0.2, 0) is 6.42 Å². The van der Waals surface area contributed by atoms with Crippen LogP contribution in [0.4, 0.5) is 0 Å². The van der Waals surface area contributed by atoms with Gasteiger partial charge in [0.25, 0.3) is 0 Å². The van der Waals surface area contributed by atoms with Crippen LogP contribution in [0, 0.1) is 11.8 Å². The quantitative estimate of drug-likeness (QED) is 0.821. The van der Waals surface area contributed by atoms with Crippen molar-refractivity contribution in [3.05, 3.63) is 34.3 Å². The van der Waals surface area contributed by atoms with Crippen LogP contribution in [0.1, 0.15) is 44.6 Å². The molecule has 1 N–H and O–H groups in total. The van der Waals surface area contributed by atoms with Gasteiger partial charge in [-0.3, -0.25) is 0 Å². The number of hydrogen-bond donors (Lipinski definition) is 1. The highest BCUT2D eigenvalue weighted by molar-refractivity contribution is 9.10. The van der Waals surface area contributed by atoms with E-state index in [0.29, 0.717) is 6.04 Å². The zero-order valence-electron chi connectivity index (χ0n) is 12.2. The molecule has 1 saturated carbocycles. The minimum Gasteiger partial charge on any atom is -0.317 e. The second-order valence-electron chi connectivity index (χ2n) is 5.95. The van der Waals surface area contributed by atoms with Gasteiger partial charge in [-0.2, -0.15) is 0 Å². The second-order valence-corrected chi connectivity index (χ2v) is 6.87. The zero-order chi connectivity index (χ0) is 13.7. The van der Waals surface area contributed by atoms with Gasteiger partial charge in [0.05, 0.1) is 0 Å². The molecule has 1 aromatic carbocycles. The molecule has 1 fully saturated rings. The number of hydrogen-bond acceptors (Lipinski definition) is 1. The van der Waals surface area contributed by atoms with E-state index < -0.39 is 0 Å². The molecule has 0 amide bonds. The van der Waals surface area contributed by atoms with Gasteiger partial charge in [-0.05, 0) is 62.3 Å². The topological polar surface area (TPSA) is 12.0 Å². The van der Waals surface area contributed by atoms with Crippen LogP contribution >= 0.6 is 15.9 Å². The fourth-order valence-corrected chi connectivity index (χ4v) is 3.82. The second kappa shape index (κ2) is 7.44. The van der Waals surface area contributed by atoms with Gasteiger partial charge in [0, 0.05) is 10.5 Å². The Morgan fingerprint density at radius 3 is 2.58 bits per heavy atom. The summed E-state index contributed by atoms with van der Waals surface area (Å²) in [4.78, 5) is 0. The lowest BCUT2D eigenvalue weighted by Crippen LogP contribution is -2.39. The van der Waals surface area contributed by atoms with Crippen molar-refractivity contribution >= 4 is 15.9 Å². The summed E-state index contributed by atoms with van der Waals surface area (Å²) >= 11 is 3.51. The Morgan fingerprint density at radius 1 is 1.21 bits per heavy atom. The zero-order valence-corrected chi connectivity index (χ0v) is 13.7. The molecule has 0 aliphatic heterocycles. The van der Waals surface area contributed by atoms with Crippen LogP contribution < -0.4 is 5.32 Å². The highest BCUT2D eigenvalue weighted by atomic mass is 79.9. The summed E-state index contributed by atoms with van der Waals surface area (Å²) in [6.45, 7) is 2.31. The third kappa shape index (κ3) is 4.32. The Bertz CT molecular complexity index is 373. The molecule has 0 heterocycles. The predicted molar refractivity (Wildman–Crippen MR) is 86.4 cm³/mol. The van der Waals surface area contributed by atoms with E-state index in [4.69, 9.17) is 0 Å². The summed E-state index contributed by atoms with van der Waals surface area (Å²) in [6, 6.07) is 9.56. The number of rotatable bonds is 5. The van der Waals surface area contributed by atoms with Crippen LogP contribution in [0.5, 0.6) is 0 Å². The van der Waals surface area contributed by atoms with Crippen molar-refractivity contribution < 1.29 is 0 Å². The monoisotopic (exact) mass is 323 g/mol. The first-order chi connectivity index (χ1) is 9.22. The Kier molecular flexibility index (Phi) is 5.90. The van der Waals surface area contributed by atoms with Crippen molar-refractivity contribution in [1.29, 1.82) is 0 Å². The third-order valence-electron chi connectivity index (χ3n) is 4.57. The molecule has 0 aromatic heterocycles. The number of halogens is 1. The van der Waals surface area contributed by atoms with Crippen molar-refractivity contribution in [3.63, 3.8) is 0 Å². The van der Waals surface area contributed by atoms with E-state index in [2.05, 4.69) is 59.5 Å². The van der Waals surface area contributed by atoms with Gasteiger partial charge in [-0.25, -0.2) is 0 Å². The standard InChI is InChI=1S/C17H26BrN/c1-3-4-13-7-10-17(19-2)15(11-13)12-14-5-8-16(18)9-6-14/h5-6,8-9,13,15,17,19H,3-4,7,10-12H2,1-2H3. The molecule has 2 rings (SSSR count). The summed E-state index contributed by atoms with van der Waals surface area (Å²) in [5.41, 5.74) is 1.48. The highest BCUT2D eigenvalue weighted by Gasteiger charge is 2.29. The minimum atomic E-state index is 0.705. The molecule has 106 valence electrons. The molecule has 0 bridgehead atoms. The molecule has 3 atom stereocenters. The summed E-state index contributed by atoms with van der Waals surface area (Å²) in [7, 11) is 2.12. The van der Waals surface area contributed by atoms with E-state index in [-0.39, 0.29) is 0 Å². The summed E-state index contributed by atoms with van der Waals surface area (Å²) in [5, 5.41) is 3.54. The van der Waals surface area contributed by atoms with Gasteiger partial charge in [-0.15, -0.1) is 0 Å².